The summed E-state index contributed by atoms with van der Waals surface area (Å²) in [5, 5.41) is 0.0833. The number of pyridine rings is 1. The summed E-state index contributed by atoms with van der Waals surface area (Å²) in [4.78, 5) is 21.4. The van der Waals surface area contributed by atoms with Gasteiger partial charge in [0.05, 0.1) is 23.9 Å². The third-order valence-corrected chi connectivity index (χ3v) is 8.88. The average molecular weight is 511 g/mol. The third kappa shape index (κ3) is 4.34. The van der Waals surface area contributed by atoms with Crippen LogP contribution in [0.4, 0.5) is 10.1 Å². The van der Waals surface area contributed by atoms with E-state index in [2.05, 4.69) is 9.88 Å². The minimum Gasteiger partial charge on any atom is -0.480 e. The molecule has 0 radical (unpaired) electrons. The normalized spacial score (nSPS) is 20.2. The Hall–Kier alpha value is -2.43. The van der Waals surface area contributed by atoms with Crippen LogP contribution in [0.2, 0.25) is 5.02 Å². The van der Waals surface area contributed by atoms with Crippen molar-refractivity contribution in [2.24, 2.45) is 0 Å². The molecule has 3 heterocycles. The van der Waals surface area contributed by atoms with Gasteiger partial charge in [-0.3, -0.25) is 4.79 Å². The summed E-state index contributed by atoms with van der Waals surface area (Å²) < 4.78 is 46.5. The molecule has 1 aromatic carbocycles. The van der Waals surface area contributed by atoms with Gasteiger partial charge in [-0.2, -0.15) is 4.31 Å². The number of piperazine rings is 1. The van der Waals surface area contributed by atoms with Crippen molar-refractivity contribution in [3.05, 3.63) is 46.9 Å². The summed E-state index contributed by atoms with van der Waals surface area (Å²) in [5.41, 5.74) is 0.873. The smallest absolute Gasteiger partial charge is 0.255 e. The summed E-state index contributed by atoms with van der Waals surface area (Å²) in [6.07, 6.45) is 3.00. The molecule has 2 bridgehead atoms. The van der Waals surface area contributed by atoms with Crippen LogP contribution in [0.25, 0.3) is 0 Å². The van der Waals surface area contributed by atoms with Crippen LogP contribution < -0.4 is 9.64 Å². The van der Waals surface area contributed by atoms with Crippen LogP contribution in [-0.2, 0) is 10.0 Å². The average Bonchev–Trinajstić information content (AvgIpc) is 3.07. The van der Waals surface area contributed by atoms with Crippen LogP contribution in [0.3, 0.4) is 0 Å². The molecule has 11 heteroatoms. The van der Waals surface area contributed by atoms with E-state index in [1.165, 1.54) is 29.7 Å². The number of anilines is 1. The summed E-state index contributed by atoms with van der Waals surface area (Å²) >= 11 is 6.12. The predicted octanol–water partition coefficient (Wildman–Crippen LogP) is 3.41. The Bertz CT molecular complexity index is 1180. The van der Waals surface area contributed by atoms with Gasteiger partial charge in [-0.25, -0.2) is 17.8 Å². The molecule has 2 aliphatic heterocycles. The number of halogens is 2. The molecular formula is C23H28ClFN4O4S. The summed E-state index contributed by atoms with van der Waals surface area (Å²) in [5.74, 6) is -0.396. The number of ether oxygens (including phenoxy) is 1. The topological polar surface area (TPSA) is 83.1 Å². The maximum atomic E-state index is 13.4. The molecule has 0 saturated carbocycles. The van der Waals surface area contributed by atoms with Crippen molar-refractivity contribution in [1.29, 1.82) is 0 Å². The molecule has 2 aromatic rings. The Balaban J connectivity index is 1.64. The first-order valence-electron chi connectivity index (χ1n) is 11.3. The number of likely N-dealkylation sites (tertiary alicyclic amines) is 1. The molecular weight excluding hydrogens is 483 g/mol. The van der Waals surface area contributed by atoms with Gasteiger partial charge in [-0.15, -0.1) is 0 Å². The van der Waals surface area contributed by atoms with E-state index in [1.54, 1.807) is 24.8 Å². The Morgan fingerprint density at radius 2 is 1.85 bits per heavy atom. The number of sulfonamides is 1. The van der Waals surface area contributed by atoms with Crippen LogP contribution in [-0.4, -0.2) is 73.9 Å². The molecule has 8 nitrogen and oxygen atoms in total. The van der Waals surface area contributed by atoms with E-state index in [1.807, 2.05) is 0 Å². The standard InChI is InChI=1S/C23H28ClFN4O4S/c1-4-28(5-2)34(31,32)18-11-21(22(33-3)26-12-18)29-16-7-8-17(29)14-27(13-16)23(30)19-9-6-15(25)10-20(19)24/h6,9-12,16-17H,4-5,7-8,13-14H2,1-3H3. The van der Waals surface area contributed by atoms with Crippen LogP contribution in [0, 0.1) is 5.82 Å². The zero-order valence-corrected chi connectivity index (χ0v) is 20.9. The number of amides is 1. The van der Waals surface area contributed by atoms with Crippen LogP contribution in [0.15, 0.2) is 35.4 Å². The highest BCUT2D eigenvalue weighted by Gasteiger charge is 2.43. The Labute approximate surface area is 204 Å². The molecule has 34 heavy (non-hydrogen) atoms. The summed E-state index contributed by atoms with van der Waals surface area (Å²) in [6.45, 7) is 5.17. The largest absolute Gasteiger partial charge is 0.480 e. The number of aromatic nitrogens is 1. The highest BCUT2D eigenvalue weighted by molar-refractivity contribution is 7.89. The molecule has 2 saturated heterocycles. The number of methoxy groups -OCH3 is 1. The molecule has 2 aliphatic rings. The number of hydrogen-bond acceptors (Lipinski definition) is 6. The van der Waals surface area contributed by atoms with E-state index in [9.17, 15) is 17.6 Å². The highest BCUT2D eigenvalue weighted by atomic mass is 35.5. The van der Waals surface area contributed by atoms with E-state index in [0.29, 0.717) is 37.7 Å². The fourth-order valence-electron chi connectivity index (χ4n) is 4.91. The van der Waals surface area contributed by atoms with Crippen LogP contribution in [0.1, 0.15) is 37.0 Å². The van der Waals surface area contributed by atoms with Crippen LogP contribution in [0.5, 0.6) is 5.88 Å². The SMILES string of the molecule is CCN(CC)S(=O)(=O)c1cnc(OC)c(N2C3CCC2CN(C(=O)c2ccc(F)cc2Cl)C3)c1. The summed E-state index contributed by atoms with van der Waals surface area (Å²) in [7, 11) is -2.19. The van der Waals surface area contributed by atoms with Crippen molar-refractivity contribution in [2.75, 3.05) is 38.2 Å². The van der Waals surface area contributed by atoms with Gasteiger partial charge in [0.25, 0.3) is 5.91 Å². The lowest BCUT2D eigenvalue weighted by Gasteiger charge is -2.42. The van der Waals surface area contributed by atoms with Crippen molar-refractivity contribution < 1.29 is 22.3 Å². The molecule has 0 N–H and O–H groups in total. The zero-order valence-electron chi connectivity index (χ0n) is 19.4. The second-order valence-corrected chi connectivity index (χ2v) is 10.8. The quantitative estimate of drug-likeness (QED) is 0.567. The van der Waals surface area contributed by atoms with Crippen molar-refractivity contribution in [3.8, 4) is 5.88 Å². The maximum Gasteiger partial charge on any atom is 0.255 e. The van der Waals surface area contributed by atoms with Gasteiger partial charge < -0.3 is 14.5 Å². The summed E-state index contributed by atoms with van der Waals surface area (Å²) in [6, 6.07) is 5.32. The van der Waals surface area contributed by atoms with Crippen molar-refractivity contribution in [1.82, 2.24) is 14.2 Å². The highest BCUT2D eigenvalue weighted by Crippen LogP contribution is 2.40. The molecule has 1 amide bonds. The second-order valence-electron chi connectivity index (χ2n) is 8.42. The van der Waals surface area contributed by atoms with E-state index >= 15 is 0 Å². The molecule has 2 fully saturated rings. The van der Waals surface area contributed by atoms with Gasteiger partial charge in [0.2, 0.25) is 15.9 Å². The molecule has 0 aliphatic carbocycles. The van der Waals surface area contributed by atoms with Gasteiger partial charge >= 0.3 is 0 Å². The molecule has 0 spiro atoms. The number of nitrogens with zero attached hydrogens (tertiary/aromatic N) is 4. The lowest BCUT2D eigenvalue weighted by Crippen LogP contribution is -2.55. The van der Waals surface area contributed by atoms with Gasteiger partial charge in [0.15, 0.2) is 0 Å². The first-order chi connectivity index (χ1) is 16.2. The first kappa shape index (κ1) is 24.7. The van der Waals surface area contributed by atoms with E-state index in [-0.39, 0.29) is 33.5 Å². The van der Waals surface area contributed by atoms with E-state index in [0.717, 1.165) is 18.9 Å². The molecule has 2 unspecified atom stereocenters. The minimum atomic E-state index is -3.69. The van der Waals surface area contributed by atoms with Gasteiger partial charge in [0.1, 0.15) is 16.4 Å². The number of fused-ring (bicyclic) bond motifs is 2. The third-order valence-electron chi connectivity index (χ3n) is 6.55. The Morgan fingerprint density at radius 1 is 1.21 bits per heavy atom. The van der Waals surface area contributed by atoms with Crippen LogP contribution >= 0.6 is 11.6 Å². The predicted molar refractivity (Wildman–Crippen MR) is 127 cm³/mol. The van der Waals surface area contributed by atoms with Gasteiger partial charge in [-0.05, 0) is 37.1 Å². The molecule has 4 rings (SSSR count). The lowest BCUT2D eigenvalue weighted by molar-refractivity contribution is 0.0718. The molecule has 1 aromatic heterocycles. The minimum absolute atomic E-state index is 0.0379. The monoisotopic (exact) mass is 510 g/mol. The second kappa shape index (κ2) is 9.67. The van der Waals surface area contributed by atoms with E-state index in [4.69, 9.17) is 16.3 Å². The molecule has 184 valence electrons. The molecule has 2 atom stereocenters. The fraction of sp³-hybridized carbons (Fsp3) is 0.478. The first-order valence-corrected chi connectivity index (χ1v) is 13.1. The van der Waals surface area contributed by atoms with Gasteiger partial charge in [-0.1, -0.05) is 25.4 Å². The van der Waals surface area contributed by atoms with E-state index < -0.39 is 15.8 Å². The van der Waals surface area contributed by atoms with Crippen molar-refractivity contribution in [2.45, 2.75) is 43.7 Å². The van der Waals surface area contributed by atoms with Crippen molar-refractivity contribution in [3.63, 3.8) is 0 Å². The number of rotatable bonds is 7. The lowest BCUT2D eigenvalue weighted by atomic mass is 10.1. The van der Waals surface area contributed by atoms with Gasteiger partial charge in [0, 0.05) is 38.3 Å². The number of carbonyl (C=O) groups excluding carboxylic acids is 1. The fourth-order valence-corrected chi connectivity index (χ4v) is 6.59. The Morgan fingerprint density at radius 3 is 2.41 bits per heavy atom. The Kier molecular flexibility index (Phi) is 7.02. The zero-order chi connectivity index (χ0) is 24.6. The van der Waals surface area contributed by atoms with Crippen molar-refractivity contribution >= 4 is 33.2 Å². The maximum absolute atomic E-state index is 13.4. The number of benzene rings is 1. The number of hydrogen-bond donors (Lipinski definition) is 0. The number of carbonyl (C=O) groups is 1.